The van der Waals surface area contributed by atoms with Gasteiger partial charge in [0.25, 0.3) is 5.69 Å². The zero-order valence-corrected chi connectivity index (χ0v) is 10.9. The Morgan fingerprint density at radius 1 is 1.44 bits per heavy atom. The van der Waals surface area contributed by atoms with E-state index in [0.29, 0.717) is 12.2 Å². The number of nitro groups is 1. The first kappa shape index (κ1) is 14.2. The Balaban J connectivity index is 3.20. The van der Waals surface area contributed by atoms with Crippen LogP contribution in [0, 0.1) is 10.1 Å². The van der Waals surface area contributed by atoms with Crippen molar-refractivity contribution in [2.75, 3.05) is 30.4 Å². The van der Waals surface area contributed by atoms with E-state index in [1.807, 2.05) is 24.8 Å². The van der Waals surface area contributed by atoms with Gasteiger partial charge in [-0.2, -0.15) is 0 Å². The largest absolute Gasteiger partial charge is 0.395 e. The van der Waals surface area contributed by atoms with Crippen molar-refractivity contribution in [2.45, 2.75) is 19.9 Å². The molecular weight excluding hydrogens is 234 g/mol. The lowest BCUT2D eigenvalue weighted by molar-refractivity contribution is -0.384. The fourth-order valence-corrected chi connectivity index (χ4v) is 1.80. The van der Waals surface area contributed by atoms with Gasteiger partial charge in [-0.3, -0.25) is 10.1 Å². The number of non-ortho nitro benzene ring substituents is 1. The number of hydrogen-bond acceptors (Lipinski definition) is 5. The Bertz CT molecular complexity index is 421. The smallest absolute Gasteiger partial charge is 0.273 e. The standard InChI is InChI=1S/C12H19N3O3/c1-9(2)14(4-5-16)11-6-10(13-3)7-12(8-11)15(17)18/h6-9,13,16H,4-5H2,1-3H3. The van der Waals surface area contributed by atoms with Gasteiger partial charge in [-0.05, 0) is 19.9 Å². The molecule has 0 aliphatic carbocycles. The molecule has 0 fully saturated rings. The molecule has 1 aromatic carbocycles. The molecule has 0 spiro atoms. The Kier molecular flexibility index (Phi) is 4.91. The first-order valence-corrected chi connectivity index (χ1v) is 5.84. The summed E-state index contributed by atoms with van der Waals surface area (Å²) in [5.41, 5.74) is 1.46. The second kappa shape index (κ2) is 6.20. The second-order valence-corrected chi connectivity index (χ2v) is 4.26. The Morgan fingerprint density at radius 3 is 2.56 bits per heavy atom. The molecule has 6 heteroatoms. The predicted octanol–water partition coefficient (Wildman–Crippen LogP) is 1.84. The maximum atomic E-state index is 10.9. The maximum absolute atomic E-state index is 10.9. The van der Waals surface area contributed by atoms with Crippen LogP contribution in [-0.2, 0) is 0 Å². The summed E-state index contributed by atoms with van der Waals surface area (Å²) >= 11 is 0. The van der Waals surface area contributed by atoms with Gasteiger partial charge in [-0.1, -0.05) is 0 Å². The van der Waals surface area contributed by atoms with Gasteiger partial charge < -0.3 is 15.3 Å². The summed E-state index contributed by atoms with van der Waals surface area (Å²) < 4.78 is 0. The predicted molar refractivity (Wildman–Crippen MR) is 72.2 cm³/mol. The molecule has 18 heavy (non-hydrogen) atoms. The van der Waals surface area contributed by atoms with Crippen molar-refractivity contribution in [1.82, 2.24) is 0 Å². The highest BCUT2D eigenvalue weighted by molar-refractivity contribution is 5.64. The fraction of sp³-hybridized carbons (Fsp3) is 0.500. The van der Waals surface area contributed by atoms with E-state index in [1.165, 1.54) is 12.1 Å². The van der Waals surface area contributed by atoms with Crippen LogP contribution in [0.1, 0.15) is 13.8 Å². The van der Waals surface area contributed by atoms with Crippen LogP contribution in [0.3, 0.4) is 0 Å². The zero-order valence-electron chi connectivity index (χ0n) is 10.9. The van der Waals surface area contributed by atoms with Crippen LogP contribution in [0.4, 0.5) is 17.1 Å². The van der Waals surface area contributed by atoms with E-state index in [-0.39, 0.29) is 18.3 Å². The number of benzene rings is 1. The molecule has 0 amide bonds. The fourth-order valence-electron chi connectivity index (χ4n) is 1.80. The Hall–Kier alpha value is -1.82. The van der Waals surface area contributed by atoms with Gasteiger partial charge in [0.2, 0.25) is 0 Å². The summed E-state index contributed by atoms with van der Waals surface area (Å²) in [5, 5.41) is 22.8. The summed E-state index contributed by atoms with van der Waals surface area (Å²) in [6.45, 7) is 4.42. The van der Waals surface area contributed by atoms with E-state index in [2.05, 4.69) is 5.32 Å². The lowest BCUT2D eigenvalue weighted by Gasteiger charge is -2.28. The molecule has 0 saturated carbocycles. The third-order valence-electron chi connectivity index (χ3n) is 2.70. The van der Waals surface area contributed by atoms with E-state index in [0.717, 1.165) is 5.69 Å². The van der Waals surface area contributed by atoms with Crippen molar-refractivity contribution in [1.29, 1.82) is 0 Å². The quantitative estimate of drug-likeness (QED) is 0.597. The van der Waals surface area contributed by atoms with Crippen molar-refractivity contribution in [3.05, 3.63) is 28.3 Å². The van der Waals surface area contributed by atoms with Crippen LogP contribution in [0.25, 0.3) is 0 Å². The van der Waals surface area contributed by atoms with Crippen molar-refractivity contribution in [2.24, 2.45) is 0 Å². The van der Waals surface area contributed by atoms with E-state index < -0.39 is 4.92 Å². The lowest BCUT2D eigenvalue weighted by Crippen LogP contribution is -2.33. The van der Waals surface area contributed by atoms with Gasteiger partial charge in [-0.15, -0.1) is 0 Å². The van der Waals surface area contributed by atoms with Crippen LogP contribution in [0.15, 0.2) is 18.2 Å². The zero-order chi connectivity index (χ0) is 13.7. The van der Waals surface area contributed by atoms with Crippen molar-refractivity contribution >= 4 is 17.1 Å². The monoisotopic (exact) mass is 253 g/mol. The number of nitrogens with zero attached hydrogens (tertiary/aromatic N) is 2. The highest BCUT2D eigenvalue weighted by Crippen LogP contribution is 2.27. The van der Waals surface area contributed by atoms with Crippen molar-refractivity contribution in [3.63, 3.8) is 0 Å². The van der Waals surface area contributed by atoms with Crippen molar-refractivity contribution in [3.8, 4) is 0 Å². The van der Waals surface area contributed by atoms with Gasteiger partial charge in [0.05, 0.1) is 11.5 Å². The minimum atomic E-state index is -0.415. The molecule has 100 valence electrons. The summed E-state index contributed by atoms with van der Waals surface area (Å²) in [7, 11) is 1.72. The summed E-state index contributed by atoms with van der Waals surface area (Å²) in [6.07, 6.45) is 0. The third kappa shape index (κ3) is 3.33. The minimum Gasteiger partial charge on any atom is -0.395 e. The van der Waals surface area contributed by atoms with E-state index in [9.17, 15) is 10.1 Å². The van der Waals surface area contributed by atoms with E-state index >= 15 is 0 Å². The van der Waals surface area contributed by atoms with Gasteiger partial charge in [0.1, 0.15) is 0 Å². The molecule has 0 aromatic heterocycles. The molecule has 0 aliphatic heterocycles. The Labute approximate surface area is 106 Å². The van der Waals surface area contributed by atoms with Gasteiger partial charge in [-0.25, -0.2) is 0 Å². The van der Waals surface area contributed by atoms with E-state index in [4.69, 9.17) is 5.11 Å². The highest BCUT2D eigenvalue weighted by atomic mass is 16.6. The number of rotatable bonds is 6. The molecule has 0 heterocycles. The molecule has 0 unspecified atom stereocenters. The van der Waals surface area contributed by atoms with Gasteiger partial charge in [0.15, 0.2) is 0 Å². The maximum Gasteiger partial charge on any atom is 0.273 e. The number of nitrogens with one attached hydrogen (secondary N) is 1. The van der Waals surface area contributed by atoms with Gasteiger partial charge >= 0.3 is 0 Å². The van der Waals surface area contributed by atoms with Crippen molar-refractivity contribution < 1.29 is 10.0 Å². The highest BCUT2D eigenvalue weighted by Gasteiger charge is 2.15. The molecule has 2 N–H and O–H groups in total. The topological polar surface area (TPSA) is 78.6 Å². The normalized spacial score (nSPS) is 10.5. The number of anilines is 2. The first-order valence-electron chi connectivity index (χ1n) is 5.84. The molecule has 0 radical (unpaired) electrons. The van der Waals surface area contributed by atoms with Crippen LogP contribution in [0.5, 0.6) is 0 Å². The minimum absolute atomic E-state index is 0.00968. The number of hydrogen-bond donors (Lipinski definition) is 2. The third-order valence-corrected chi connectivity index (χ3v) is 2.70. The number of aliphatic hydroxyl groups excluding tert-OH is 1. The average Bonchev–Trinajstić information content (AvgIpc) is 2.34. The average molecular weight is 253 g/mol. The molecule has 0 bridgehead atoms. The molecule has 0 atom stereocenters. The Morgan fingerprint density at radius 2 is 2.11 bits per heavy atom. The summed E-state index contributed by atoms with van der Waals surface area (Å²) in [4.78, 5) is 12.4. The van der Waals surface area contributed by atoms with Crippen LogP contribution < -0.4 is 10.2 Å². The molecule has 0 aliphatic rings. The SMILES string of the molecule is CNc1cc(N(CCO)C(C)C)cc([N+](=O)[O-])c1. The second-order valence-electron chi connectivity index (χ2n) is 4.26. The first-order chi connectivity index (χ1) is 8.49. The van der Waals surface area contributed by atoms with E-state index in [1.54, 1.807) is 7.05 Å². The van der Waals surface area contributed by atoms with Crippen LogP contribution in [-0.4, -0.2) is 36.3 Å². The summed E-state index contributed by atoms with van der Waals surface area (Å²) in [6, 6.07) is 5.00. The molecule has 0 saturated heterocycles. The lowest BCUT2D eigenvalue weighted by atomic mass is 10.2. The molecule has 1 rings (SSSR count). The molecule has 1 aromatic rings. The summed E-state index contributed by atoms with van der Waals surface area (Å²) in [5.74, 6) is 0. The molecular formula is C12H19N3O3. The van der Waals surface area contributed by atoms with Gasteiger partial charge in [0, 0.05) is 43.1 Å². The number of nitro benzene ring substituents is 1. The number of aliphatic hydroxyl groups is 1. The van der Waals surface area contributed by atoms with Crippen LogP contribution in [0.2, 0.25) is 0 Å². The molecule has 6 nitrogen and oxygen atoms in total. The van der Waals surface area contributed by atoms with Crippen LogP contribution >= 0.6 is 0 Å².